The van der Waals surface area contributed by atoms with Gasteiger partial charge in [0, 0.05) is 24.7 Å². The molecule has 0 saturated heterocycles. The predicted molar refractivity (Wildman–Crippen MR) is 90.9 cm³/mol. The zero-order chi connectivity index (χ0) is 17.6. The molecule has 128 valence electrons. The van der Waals surface area contributed by atoms with Gasteiger partial charge < -0.3 is 5.32 Å². The molecule has 0 aliphatic carbocycles. The van der Waals surface area contributed by atoms with Crippen molar-refractivity contribution in [1.29, 1.82) is 0 Å². The van der Waals surface area contributed by atoms with Crippen molar-refractivity contribution in [3.05, 3.63) is 59.9 Å². The number of aromatic nitrogens is 5. The van der Waals surface area contributed by atoms with E-state index in [4.69, 9.17) is 0 Å². The Morgan fingerprint density at radius 2 is 1.96 bits per heavy atom. The van der Waals surface area contributed by atoms with Gasteiger partial charge in [-0.05, 0) is 37.3 Å². The molecule has 7 nitrogen and oxygen atoms in total. The molecule has 1 aromatic carbocycles. The standard InChI is InChI=1S/C16H15FN6OS/c1-2-18-15(24)14-13(10-25-16-19-8-3-9-20-16)23(22-21-14)12-6-4-11(17)5-7-12/h3-9H,2,10H2,1H3,(H,18,24). The van der Waals surface area contributed by atoms with Crippen molar-refractivity contribution in [2.24, 2.45) is 0 Å². The molecule has 0 bridgehead atoms. The van der Waals surface area contributed by atoms with Gasteiger partial charge in [0.1, 0.15) is 5.82 Å². The van der Waals surface area contributed by atoms with Crippen LogP contribution < -0.4 is 5.32 Å². The van der Waals surface area contributed by atoms with Crippen LogP contribution in [0.1, 0.15) is 23.1 Å². The van der Waals surface area contributed by atoms with Crippen molar-refractivity contribution < 1.29 is 9.18 Å². The molecule has 0 spiro atoms. The number of amides is 1. The van der Waals surface area contributed by atoms with Crippen LogP contribution in [0.25, 0.3) is 5.69 Å². The highest BCUT2D eigenvalue weighted by Crippen LogP contribution is 2.22. The number of thioether (sulfide) groups is 1. The Balaban J connectivity index is 1.94. The summed E-state index contributed by atoms with van der Waals surface area (Å²) in [6.45, 7) is 2.31. The molecule has 0 atom stereocenters. The largest absolute Gasteiger partial charge is 0.351 e. The second-order valence-corrected chi connectivity index (χ2v) is 5.89. The fourth-order valence-electron chi connectivity index (χ4n) is 2.13. The molecule has 1 N–H and O–H groups in total. The van der Waals surface area contributed by atoms with Crippen LogP contribution >= 0.6 is 11.8 Å². The van der Waals surface area contributed by atoms with E-state index in [2.05, 4.69) is 25.6 Å². The Morgan fingerprint density at radius 3 is 2.64 bits per heavy atom. The summed E-state index contributed by atoms with van der Waals surface area (Å²) in [5, 5.41) is 11.4. The van der Waals surface area contributed by atoms with E-state index in [-0.39, 0.29) is 17.4 Å². The highest BCUT2D eigenvalue weighted by Gasteiger charge is 2.20. The van der Waals surface area contributed by atoms with Crippen molar-refractivity contribution in [3.63, 3.8) is 0 Å². The van der Waals surface area contributed by atoms with Crippen LogP contribution in [0.3, 0.4) is 0 Å². The molecule has 1 amide bonds. The third-order valence-electron chi connectivity index (χ3n) is 3.27. The van der Waals surface area contributed by atoms with Gasteiger partial charge in [-0.25, -0.2) is 19.0 Å². The summed E-state index contributed by atoms with van der Waals surface area (Å²) < 4.78 is 14.7. The van der Waals surface area contributed by atoms with E-state index in [9.17, 15) is 9.18 Å². The number of nitrogens with zero attached hydrogens (tertiary/aromatic N) is 5. The summed E-state index contributed by atoms with van der Waals surface area (Å²) in [7, 11) is 0. The van der Waals surface area contributed by atoms with Gasteiger partial charge in [0.15, 0.2) is 10.9 Å². The maximum atomic E-state index is 13.2. The third-order valence-corrected chi connectivity index (χ3v) is 4.15. The average molecular weight is 358 g/mol. The number of benzene rings is 1. The topological polar surface area (TPSA) is 85.6 Å². The summed E-state index contributed by atoms with van der Waals surface area (Å²) in [4.78, 5) is 20.6. The Kier molecular flexibility index (Phi) is 5.34. The average Bonchev–Trinajstić information content (AvgIpc) is 3.06. The number of halogens is 1. The molecule has 9 heteroatoms. The molecule has 0 aliphatic rings. The van der Waals surface area contributed by atoms with Crippen molar-refractivity contribution in [3.8, 4) is 5.69 Å². The number of rotatable bonds is 6. The molecule has 3 aromatic rings. The molecule has 2 heterocycles. The Labute approximate surface area is 147 Å². The second-order valence-electron chi connectivity index (χ2n) is 4.95. The molecule has 0 saturated carbocycles. The van der Waals surface area contributed by atoms with Crippen molar-refractivity contribution >= 4 is 17.7 Å². The Bertz CT molecular complexity index is 853. The first-order valence-corrected chi connectivity index (χ1v) is 8.56. The molecule has 0 aliphatic heterocycles. The van der Waals surface area contributed by atoms with E-state index in [0.717, 1.165) is 0 Å². The normalized spacial score (nSPS) is 10.6. The summed E-state index contributed by atoms with van der Waals surface area (Å²) in [5.74, 6) is -0.261. The number of carbonyl (C=O) groups excluding carboxylic acids is 1. The van der Waals surface area contributed by atoms with Gasteiger partial charge in [-0.2, -0.15) is 0 Å². The lowest BCUT2D eigenvalue weighted by Crippen LogP contribution is -2.24. The predicted octanol–water partition coefficient (Wildman–Crippen LogP) is 2.24. The number of nitrogens with one attached hydrogen (secondary N) is 1. The maximum Gasteiger partial charge on any atom is 0.273 e. The summed E-state index contributed by atoms with van der Waals surface area (Å²) in [5.41, 5.74) is 1.44. The number of carbonyl (C=O) groups is 1. The zero-order valence-corrected chi connectivity index (χ0v) is 14.2. The van der Waals surface area contributed by atoms with Crippen LogP contribution in [0.15, 0.2) is 47.9 Å². The van der Waals surface area contributed by atoms with E-state index < -0.39 is 0 Å². The van der Waals surface area contributed by atoms with Crippen molar-refractivity contribution in [2.45, 2.75) is 17.8 Å². The Morgan fingerprint density at radius 1 is 1.24 bits per heavy atom. The molecule has 3 rings (SSSR count). The molecular formula is C16H15FN6OS. The second kappa shape index (κ2) is 7.84. The fraction of sp³-hybridized carbons (Fsp3) is 0.188. The SMILES string of the molecule is CCNC(=O)c1nnn(-c2ccc(F)cc2)c1CSc1ncccn1. The summed E-state index contributed by atoms with van der Waals surface area (Å²) >= 11 is 1.36. The van der Waals surface area contributed by atoms with Gasteiger partial charge in [-0.15, -0.1) is 5.10 Å². The lowest BCUT2D eigenvalue weighted by molar-refractivity contribution is 0.0950. The van der Waals surface area contributed by atoms with Crippen LogP contribution in [-0.2, 0) is 5.75 Å². The van der Waals surface area contributed by atoms with E-state index in [0.29, 0.717) is 28.8 Å². The number of hydrogen-bond acceptors (Lipinski definition) is 6. The lowest BCUT2D eigenvalue weighted by atomic mass is 10.2. The van der Waals surface area contributed by atoms with Gasteiger partial charge in [0.2, 0.25) is 0 Å². The Hall–Kier alpha value is -2.81. The van der Waals surface area contributed by atoms with Gasteiger partial charge in [-0.3, -0.25) is 4.79 Å². The van der Waals surface area contributed by atoms with Crippen molar-refractivity contribution in [2.75, 3.05) is 6.54 Å². The van der Waals surface area contributed by atoms with Crippen LogP contribution in [0.4, 0.5) is 4.39 Å². The van der Waals surface area contributed by atoms with Crippen LogP contribution in [0.5, 0.6) is 0 Å². The molecule has 2 aromatic heterocycles. The van der Waals surface area contributed by atoms with Gasteiger partial charge in [-0.1, -0.05) is 17.0 Å². The minimum atomic E-state index is -0.346. The minimum Gasteiger partial charge on any atom is -0.351 e. The first-order valence-electron chi connectivity index (χ1n) is 7.57. The monoisotopic (exact) mass is 358 g/mol. The molecule has 25 heavy (non-hydrogen) atoms. The third kappa shape index (κ3) is 4.00. The smallest absolute Gasteiger partial charge is 0.273 e. The van der Waals surface area contributed by atoms with Gasteiger partial charge in [0.05, 0.1) is 11.4 Å². The van der Waals surface area contributed by atoms with E-state index >= 15 is 0 Å². The van der Waals surface area contributed by atoms with Gasteiger partial charge in [0.25, 0.3) is 5.91 Å². The lowest BCUT2D eigenvalue weighted by Gasteiger charge is -2.07. The van der Waals surface area contributed by atoms with Crippen LogP contribution in [-0.4, -0.2) is 37.4 Å². The first-order chi connectivity index (χ1) is 12.2. The van der Waals surface area contributed by atoms with Gasteiger partial charge >= 0.3 is 0 Å². The fourth-order valence-corrected chi connectivity index (χ4v) is 2.93. The van der Waals surface area contributed by atoms with Crippen molar-refractivity contribution in [1.82, 2.24) is 30.3 Å². The van der Waals surface area contributed by atoms with Crippen LogP contribution in [0, 0.1) is 5.82 Å². The van der Waals surface area contributed by atoms with E-state index in [1.54, 1.807) is 30.6 Å². The van der Waals surface area contributed by atoms with E-state index in [1.165, 1.54) is 28.6 Å². The summed E-state index contributed by atoms with van der Waals surface area (Å²) in [6, 6.07) is 7.56. The quantitative estimate of drug-likeness (QED) is 0.537. The molecule has 0 radical (unpaired) electrons. The first kappa shape index (κ1) is 17.0. The zero-order valence-electron chi connectivity index (χ0n) is 13.4. The maximum absolute atomic E-state index is 13.2. The highest BCUT2D eigenvalue weighted by atomic mass is 32.2. The van der Waals surface area contributed by atoms with E-state index in [1.807, 2.05) is 6.92 Å². The molecular weight excluding hydrogens is 343 g/mol. The number of hydrogen-bond donors (Lipinski definition) is 1. The summed E-state index contributed by atoms with van der Waals surface area (Å²) in [6.07, 6.45) is 3.30. The minimum absolute atomic E-state index is 0.231. The molecule has 0 fully saturated rings. The van der Waals surface area contributed by atoms with Crippen LogP contribution in [0.2, 0.25) is 0 Å². The molecule has 0 unspecified atom stereocenters. The highest BCUT2D eigenvalue weighted by molar-refractivity contribution is 7.98.